The van der Waals surface area contributed by atoms with E-state index in [9.17, 15) is 22.8 Å². The first-order valence-electron chi connectivity index (χ1n) is 7.19. The predicted octanol–water partition coefficient (Wildman–Crippen LogP) is 3.31. The van der Waals surface area contributed by atoms with Gasteiger partial charge in [0.15, 0.2) is 0 Å². The fraction of sp³-hybridized carbons (Fsp3) is 0.500. The average molecular weight is 331 g/mol. The summed E-state index contributed by atoms with van der Waals surface area (Å²) in [5.41, 5.74) is -1.76. The number of rotatable bonds is 6. The molecule has 1 aromatic carbocycles. The van der Waals surface area contributed by atoms with Gasteiger partial charge in [0.1, 0.15) is 0 Å². The molecular formula is C16H20F3NO3. The van der Waals surface area contributed by atoms with Crippen molar-refractivity contribution in [3.63, 3.8) is 0 Å². The molecule has 0 bridgehead atoms. The van der Waals surface area contributed by atoms with Gasteiger partial charge in [-0.25, -0.2) is 0 Å². The number of halogens is 3. The van der Waals surface area contributed by atoms with Crippen LogP contribution in [0.3, 0.4) is 0 Å². The predicted molar refractivity (Wildman–Crippen MR) is 79.0 cm³/mol. The van der Waals surface area contributed by atoms with E-state index in [0.717, 1.165) is 12.1 Å². The molecule has 0 aliphatic rings. The summed E-state index contributed by atoms with van der Waals surface area (Å²) in [6, 6.07) is 4.65. The third-order valence-corrected chi connectivity index (χ3v) is 3.71. The van der Waals surface area contributed by atoms with Crippen LogP contribution in [0, 0.1) is 0 Å². The zero-order valence-electron chi connectivity index (χ0n) is 13.3. The van der Waals surface area contributed by atoms with Crippen molar-refractivity contribution < 1.29 is 27.9 Å². The number of nitrogens with zero attached hydrogens (tertiary/aromatic N) is 1. The minimum Gasteiger partial charge on any atom is -0.481 e. The van der Waals surface area contributed by atoms with E-state index in [-0.39, 0.29) is 25.1 Å². The van der Waals surface area contributed by atoms with Crippen molar-refractivity contribution in [2.75, 3.05) is 13.1 Å². The molecule has 4 nitrogen and oxygen atoms in total. The molecule has 0 fully saturated rings. The van der Waals surface area contributed by atoms with Crippen LogP contribution in [-0.2, 0) is 21.2 Å². The number of carbonyl (C=O) groups excluding carboxylic acids is 1. The van der Waals surface area contributed by atoms with E-state index >= 15 is 0 Å². The van der Waals surface area contributed by atoms with E-state index in [1.807, 2.05) is 0 Å². The van der Waals surface area contributed by atoms with Crippen LogP contribution in [-0.4, -0.2) is 35.0 Å². The summed E-state index contributed by atoms with van der Waals surface area (Å²) in [6.45, 7) is 5.08. The van der Waals surface area contributed by atoms with Crippen molar-refractivity contribution in [3.05, 3.63) is 35.4 Å². The summed E-state index contributed by atoms with van der Waals surface area (Å²) in [6.07, 6.45) is -4.69. The molecule has 0 aliphatic carbocycles. The van der Waals surface area contributed by atoms with Crippen LogP contribution in [0.1, 0.15) is 38.3 Å². The zero-order valence-corrected chi connectivity index (χ0v) is 13.3. The standard InChI is InChI=1S/C16H20F3NO3/c1-4-20(9-8-13(21)22)14(23)15(2,3)11-6-5-7-12(10-11)16(17,18)19/h5-7,10H,4,8-9H2,1-3H3,(H,21,22). The highest BCUT2D eigenvalue weighted by Gasteiger charge is 2.36. The van der Waals surface area contributed by atoms with Crippen LogP contribution in [0.2, 0.25) is 0 Å². The number of aliphatic carboxylic acids is 1. The van der Waals surface area contributed by atoms with Gasteiger partial charge in [-0.2, -0.15) is 13.2 Å². The molecule has 23 heavy (non-hydrogen) atoms. The van der Waals surface area contributed by atoms with Crippen LogP contribution >= 0.6 is 0 Å². The summed E-state index contributed by atoms with van der Waals surface area (Å²) < 4.78 is 38.5. The van der Waals surface area contributed by atoms with Gasteiger partial charge < -0.3 is 10.0 Å². The maximum absolute atomic E-state index is 12.8. The number of likely N-dealkylation sites (N-methyl/N-ethyl adjacent to an activating group) is 1. The SMILES string of the molecule is CCN(CCC(=O)O)C(=O)C(C)(C)c1cccc(C(F)(F)F)c1. The third kappa shape index (κ3) is 4.71. The molecule has 0 saturated heterocycles. The Labute approximate surface area is 132 Å². The van der Waals surface area contributed by atoms with E-state index < -0.39 is 29.0 Å². The van der Waals surface area contributed by atoms with Gasteiger partial charge in [0.2, 0.25) is 5.91 Å². The fourth-order valence-electron chi connectivity index (χ4n) is 2.24. The minimum absolute atomic E-state index is 0.0209. The second-order valence-electron chi connectivity index (χ2n) is 5.73. The summed E-state index contributed by atoms with van der Waals surface area (Å²) in [5.74, 6) is -1.44. The quantitative estimate of drug-likeness (QED) is 0.870. The van der Waals surface area contributed by atoms with Crippen LogP contribution in [0.25, 0.3) is 0 Å². The van der Waals surface area contributed by atoms with Crippen LogP contribution in [0.15, 0.2) is 24.3 Å². The number of carboxylic acid groups (broad SMARTS) is 1. The van der Waals surface area contributed by atoms with E-state index in [2.05, 4.69) is 0 Å². The number of hydrogen-bond donors (Lipinski definition) is 1. The van der Waals surface area contributed by atoms with Gasteiger partial charge >= 0.3 is 12.1 Å². The Morgan fingerprint density at radius 2 is 1.74 bits per heavy atom. The van der Waals surface area contributed by atoms with Crippen molar-refractivity contribution in [3.8, 4) is 0 Å². The van der Waals surface area contributed by atoms with Crippen molar-refractivity contribution >= 4 is 11.9 Å². The van der Waals surface area contributed by atoms with Crippen molar-refractivity contribution in [2.24, 2.45) is 0 Å². The van der Waals surface area contributed by atoms with E-state index in [0.29, 0.717) is 0 Å². The lowest BCUT2D eigenvalue weighted by atomic mass is 9.82. The Kier molecular flexibility index (Phi) is 5.80. The van der Waals surface area contributed by atoms with Gasteiger partial charge in [0.05, 0.1) is 17.4 Å². The molecule has 1 aromatic rings. The second-order valence-corrected chi connectivity index (χ2v) is 5.73. The lowest BCUT2D eigenvalue weighted by Crippen LogP contribution is -2.44. The van der Waals surface area contributed by atoms with Gasteiger partial charge in [-0.3, -0.25) is 9.59 Å². The number of hydrogen-bond acceptors (Lipinski definition) is 2. The van der Waals surface area contributed by atoms with Crippen LogP contribution < -0.4 is 0 Å². The Morgan fingerprint density at radius 1 is 1.17 bits per heavy atom. The van der Waals surface area contributed by atoms with Crippen LogP contribution in [0.4, 0.5) is 13.2 Å². The first kappa shape index (κ1) is 19.0. The number of carbonyl (C=O) groups is 2. The van der Waals surface area contributed by atoms with E-state index in [1.165, 1.54) is 30.9 Å². The number of alkyl halides is 3. The van der Waals surface area contributed by atoms with E-state index in [4.69, 9.17) is 5.11 Å². The van der Waals surface area contributed by atoms with Gasteiger partial charge in [-0.05, 0) is 32.4 Å². The number of amides is 1. The maximum Gasteiger partial charge on any atom is 0.416 e. The first-order chi connectivity index (χ1) is 10.5. The molecular weight excluding hydrogens is 311 g/mol. The van der Waals surface area contributed by atoms with Crippen molar-refractivity contribution in [1.82, 2.24) is 4.90 Å². The maximum atomic E-state index is 12.8. The number of carboxylic acids is 1. The normalized spacial score (nSPS) is 12.1. The Bertz CT molecular complexity index is 582. The summed E-state index contributed by atoms with van der Waals surface area (Å²) >= 11 is 0. The Balaban J connectivity index is 3.09. The van der Waals surface area contributed by atoms with Gasteiger partial charge in [-0.15, -0.1) is 0 Å². The van der Waals surface area contributed by atoms with Crippen molar-refractivity contribution in [1.29, 1.82) is 0 Å². The molecule has 0 spiro atoms. The molecule has 7 heteroatoms. The number of benzene rings is 1. The largest absolute Gasteiger partial charge is 0.481 e. The summed E-state index contributed by atoms with van der Waals surface area (Å²) in [7, 11) is 0. The molecule has 0 atom stereocenters. The van der Waals surface area contributed by atoms with Gasteiger partial charge in [-0.1, -0.05) is 18.2 Å². The molecule has 1 amide bonds. The molecule has 0 heterocycles. The highest BCUT2D eigenvalue weighted by Crippen LogP contribution is 2.33. The molecule has 1 rings (SSSR count). The second kappa shape index (κ2) is 7.02. The lowest BCUT2D eigenvalue weighted by Gasteiger charge is -2.31. The Hall–Kier alpha value is -2.05. The molecule has 0 aromatic heterocycles. The smallest absolute Gasteiger partial charge is 0.416 e. The molecule has 1 N–H and O–H groups in total. The highest BCUT2D eigenvalue weighted by molar-refractivity contribution is 5.87. The third-order valence-electron chi connectivity index (χ3n) is 3.71. The fourth-order valence-corrected chi connectivity index (χ4v) is 2.24. The monoisotopic (exact) mass is 331 g/mol. The first-order valence-corrected chi connectivity index (χ1v) is 7.19. The summed E-state index contributed by atoms with van der Waals surface area (Å²) in [4.78, 5) is 24.6. The average Bonchev–Trinajstić information content (AvgIpc) is 2.46. The minimum atomic E-state index is -4.48. The molecule has 0 aliphatic heterocycles. The highest BCUT2D eigenvalue weighted by atomic mass is 19.4. The zero-order chi connectivity index (χ0) is 17.8. The topological polar surface area (TPSA) is 57.6 Å². The van der Waals surface area contributed by atoms with Gasteiger partial charge in [0, 0.05) is 13.1 Å². The van der Waals surface area contributed by atoms with E-state index in [1.54, 1.807) is 6.92 Å². The molecule has 128 valence electrons. The lowest BCUT2D eigenvalue weighted by molar-refractivity contribution is -0.141. The van der Waals surface area contributed by atoms with Crippen LogP contribution in [0.5, 0.6) is 0 Å². The molecule has 0 radical (unpaired) electrons. The van der Waals surface area contributed by atoms with Crippen molar-refractivity contribution in [2.45, 2.75) is 38.8 Å². The Morgan fingerprint density at radius 3 is 2.22 bits per heavy atom. The summed E-state index contributed by atoms with van der Waals surface area (Å²) in [5, 5.41) is 8.72. The van der Waals surface area contributed by atoms with Gasteiger partial charge in [0.25, 0.3) is 0 Å². The molecule has 0 saturated carbocycles. The molecule has 0 unspecified atom stereocenters.